The number of hydrogen-bond acceptors (Lipinski definition) is 3. The molecule has 2 aromatic rings. The Kier molecular flexibility index (Phi) is 3.06. The molecule has 5 nitrogen and oxygen atoms in total. The monoisotopic (exact) mass is 279 g/mol. The Labute approximate surface area is 112 Å². The summed E-state index contributed by atoms with van der Waals surface area (Å²) >= 11 is 0. The minimum Gasteiger partial charge on any atom is -0.330 e. The van der Waals surface area contributed by atoms with Crippen LogP contribution >= 0.6 is 0 Å². The van der Waals surface area contributed by atoms with Gasteiger partial charge in [0, 0.05) is 19.6 Å². The molecule has 0 amide bonds. The second kappa shape index (κ2) is 4.61. The number of rotatable bonds is 4. The number of nitrogens with zero attached hydrogens (tertiary/aromatic N) is 3. The second-order valence-electron chi connectivity index (χ2n) is 5.16. The van der Waals surface area contributed by atoms with E-state index in [1.54, 1.807) is 10.6 Å². The molecule has 102 valence electrons. The molecule has 1 aromatic heterocycles. The van der Waals surface area contributed by atoms with E-state index in [0.29, 0.717) is 25.6 Å². The van der Waals surface area contributed by atoms with E-state index in [1.807, 2.05) is 28.8 Å². The third kappa shape index (κ3) is 2.37. The fourth-order valence-electron chi connectivity index (χ4n) is 2.40. The number of aromatic nitrogens is 2. The van der Waals surface area contributed by atoms with Crippen LogP contribution in [0.25, 0.3) is 11.0 Å². The van der Waals surface area contributed by atoms with Crippen molar-refractivity contribution < 1.29 is 8.42 Å². The number of aryl methyl sites for hydroxylation is 1. The number of imidazole rings is 1. The van der Waals surface area contributed by atoms with E-state index in [1.165, 1.54) is 0 Å². The molecule has 1 saturated heterocycles. The summed E-state index contributed by atoms with van der Waals surface area (Å²) in [6.07, 6.45) is 1.71. The van der Waals surface area contributed by atoms with Gasteiger partial charge in [0.2, 0.25) is 10.0 Å². The maximum Gasteiger partial charge on any atom is 0.215 e. The molecule has 0 radical (unpaired) electrons. The van der Waals surface area contributed by atoms with Gasteiger partial charge in [0.05, 0.1) is 23.1 Å². The zero-order valence-corrected chi connectivity index (χ0v) is 11.7. The van der Waals surface area contributed by atoms with Crippen LogP contribution < -0.4 is 0 Å². The molecule has 0 atom stereocenters. The van der Waals surface area contributed by atoms with Gasteiger partial charge in [0.1, 0.15) is 0 Å². The highest BCUT2D eigenvalue weighted by atomic mass is 32.2. The maximum atomic E-state index is 12.1. The number of hydrogen-bond donors (Lipinski definition) is 0. The summed E-state index contributed by atoms with van der Waals surface area (Å²) in [5.74, 6) is 0.629. The van der Waals surface area contributed by atoms with Crippen LogP contribution in [0.1, 0.15) is 6.92 Å². The quantitative estimate of drug-likeness (QED) is 0.848. The lowest BCUT2D eigenvalue weighted by Gasteiger charge is -2.35. The molecule has 0 unspecified atom stereocenters. The van der Waals surface area contributed by atoms with Crippen LogP contribution in [0.2, 0.25) is 0 Å². The van der Waals surface area contributed by atoms with Gasteiger partial charge in [-0.3, -0.25) is 0 Å². The topological polar surface area (TPSA) is 55.2 Å². The third-order valence-corrected chi connectivity index (χ3v) is 5.32. The van der Waals surface area contributed by atoms with Gasteiger partial charge in [-0.15, -0.1) is 0 Å². The predicted molar refractivity (Wildman–Crippen MR) is 74.3 cm³/mol. The SMILES string of the molecule is CC1CN(S(=O)(=O)CCn2cnc3ccccc32)C1. The minimum atomic E-state index is -3.12. The third-order valence-electron chi connectivity index (χ3n) is 3.54. The summed E-state index contributed by atoms with van der Waals surface area (Å²) in [6.45, 7) is 3.84. The first kappa shape index (κ1) is 12.6. The molecule has 3 rings (SSSR count). The van der Waals surface area contributed by atoms with Gasteiger partial charge in [-0.05, 0) is 18.1 Å². The normalized spacial score (nSPS) is 17.7. The molecule has 0 bridgehead atoms. The summed E-state index contributed by atoms with van der Waals surface area (Å²) in [5.41, 5.74) is 1.88. The van der Waals surface area contributed by atoms with Gasteiger partial charge in [0.15, 0.2) is 0 Å². The van der Waals surface area contributed by atoms with E-state index in [-0.39, 0.29) is 5.75 Å². The number of para-hydroxylation sites is 2. The zero-order chi connectivity index (χ0) is 13.5. The lowest BCUT2D eigenvalue weighted by atomic mass is 10.1. The predicted octanol–water partition coefficient (Wildman–Crippen LogP) is 1.32. The molecule has 0 aliphatic carbocycles. The van der Waals surface area contributed by atoms with Crippen LogP contribution in [0.3, 0.4) is 0 Å². The first-order valence-electron chi connectivity index (χ1n) is 6.44. The van der Waals surface area contributed by atoms with Crippen molar-refractivity contribution in [2.24, 2.45) is 5.92 Å². The van der Waals surface area contributed by atoms with Crippen molar-refractivity contribution in [3.8, 4) is 0 Å². The number of sulfonamides is 1. The van der Waals surface area contributed by atoms with E-state index in [4.69, 9.17) is 0 Å². The summed E-state index contributed by atoms with van der Waals surface area (Å²) in [7, 11) is -3.12. The van der Waals surface area contributed by atoms with Crippen LogP contribution in [-0.2, 0) is 16.6 Å². The Balaban J connectivity index is 1.72. The van der Waals surface area contributed by atoms with Crippen LogP contribution in [0.4, 0.5) is 0 Å². The summed E-state index contributed by atoms with van der Waals surface area (Å²) in [6, 6.07) is 7.75. The van der Waals surface area contributed by atoms with Crippen LogP contribution in [0, 0.1) is 5.92 Å². The zero-order valence-electron chi connectivity index (χ0n) is 10.9. The molecular weight excluding hydrogens is 262 g/mol. The standard InChI is InChI=1S/C13H17N3O2S/c1-11-8-16(9-11)19(17,18)7-6-15-10-14-12-4-2-3-5-13(12)15/h2-5,10-11H,6-9H2,1H3. The van der Waals surface area contributed by atoms with E-state index < -0.39 is 10.0 Å². The fourth-order valence-corrected chi connectivity index (χ4v) is 4.05. The van der Waals surface area contributed by atoms with Crippen molar-refractivity contribution in [1.29, 1.82) is 0 Å². The molecule has 19 heavy (non-hydrogen) atoms. The average Bonchev–Trinajstić information content (AvgIpc) is 2.76. The van der Waals surface area contributed by atoms with Gasteiger partial charge in [-0.2, -0.15) is 0 Å². The number of benzene rings is 1. The molecule has 2 heterocycles. The smallest absolute Gasteiger partial charge is 0.215 e. The van der Waals surface area contributed by atoms with Crippen LogP contribution in [0.5, 0.6) is 0 Å². The molecule has 1 fully saturated rings. The van der Waals surface area contributed by atoms with E-state index in [9.17, 15) is 8.42 Å². The Bertz CT molecular complexity index is 687. The Morgan fingerprint density at radius 2 is 2.05 bits per heavy atom. The molecule has 1 aliphatic heterocycles. The maximum absolute atomic E-state index is 12.1. The van der Waals surface area contributed by atoms with Crippen molar-refractivity contribution in [1.82, 2.24) is 13.9 Å². The molecule has 1 aliphatic rings. The average molecular weight is 279 g/mol. The first-order chi connectivity index (χ1) is 9.06. The second-order valence-corrected chi connectivity index (χ2v) is 7.25. The molecular formula is C13H17N3O2S. The van der Waals surface area contributed by atoms with Crippen molar-refractivity contribution in [2.75, 3.05) is 18.8 Å². The molecule has 1 aromatic carbocycles. The van der Waals surface area contributed by atoms with E-state index in [2.05, 4.69) is 11.9 Å². The highest BCUT2D eigenvalue weighted by Crippen LogP contribution is 2.19. The highest BCUT2D eigenvalue weighted by molar-refractivity contribution is 7.89. The lowest BCUT2D eigenvalue weighted by Crippen LogP contribution is -2.49. The van der Waals surface area contributed by atoms with Crippen molar-refractivity contribution in [2.45, 2.75) is 13.5 Å². The van der Waals surface area contributed by atoms with Crippen molar-refractivity contribution in [3.05, 3.63) is 30.6 Å². The van der Waals surface area contributed by atoms with E-state index in [0.717, 1.165) is 11.0 Å². The van der Waals surface area contributed by atoms with Gasteiger partial charge in [-0.25, -0.2) is 17.7 Å². The minimum absolute atomic E-state index is 0.139. The van der Waals surface area contributed by atoms with E-state index >= 15 is 0 Å². The Morgan fingerprint density at radius 3 is 2.79 bits per heavy atom. The highest BCUT2D eigenvalue weighted by Gasteiger charge is 2.32. The van der Waals surface area contributed by atoms with Gasteiger partial charge >= 0.3 is 0 Å². The van der Waals surface area contributed by atoms with Crippen molar-refractivity contribution >= 4 is 21.1 Å². The molecule has 0 spiro atoms. The molecule has 0 saturated carbocycles. The summed E-state index contributed by atoms with van der Waals surface area (Å²) in [5, 5.41) is 0. The first-order valence-corrected chi connectivity index (χ1v) is 8.05. The molecule has 6 heteroatoms. The van der Waals surface area contributed by atoms with Crippen LogP contribution in [-0.4, -0.2) is 41.1 Å². The van der Waals surface area contributed by atoms with Gasteiger partial charge in [-0.1, -0.05) is 19.1 Å². The summed E-state index contributed by atoms with van der Waals surface area (Å²) in [4.78, 5) is 4.26. The Morgan fingerprint density at radius 1 is 1.32 bits per heavy atom. The molecule has 0 N–H and O–H groups in total. The fraction of sp³-hybridized carbons (Fsp3) is 0.462. The Hall–Kier alpha value is -1.40. The number of fused-ring (bicyclic) bond motifs is 1. The van der Waals surface area contributed by atoms with Gasteiger partial charge < -0.3 is 4.57 Å². The largest absolute Gasteiger partial charge is 0.330 e. The summed E-state index contributed by atoms with van der Waals surface area (Å²) < 4.78 is 27.6. The van der Waals surface area contributed by atoms with Crippen molar-refractivity contribution in [3.63, 3.8) is 0 Å². The lowest BCUT2D eigenvalue weighted by molar-refractivity contribution is 0.218. The van der Waals surface area contributed by atoms with Crippen LogP contribution in [0.15, 0.2) is 30.6 Å². The van der Waals surface area contributed by atoms with Gasteiger partial charge in [0.25, 0.3) is 0 Å².